The number of unbranched alkanes of at least 4 members (excludes halogenated alkanes) is 9. The first-order valence-electron chi connectivity index (χ1n) is 10.7. The second kappa shape index (κ2) is 16.7. The molecule has 0 aliphatic carbocycles. The van der Waals surface area contributed by atoms with E-state index >= 15 is 0 Å². The van der Waals surface area contributed by atoms with Crippen molar-refractivity contribution in [3.05, 3.63) is 29.8 Å². The van der Waals surface area contributed by atoms with Crippen molar-refractivity contribution in [2.45, 2.75) is 84.5 Å². The van der Waals surface area contributed by atoms with E-state index in [-0.39, 0.29) is 35.3 Å². The zero-order chi connectivity index (χ0) is 20.0. The van der Waals surface area contributed by atoms with Gasteiger partial charge in [0.1, 0.15) is 0 Å². The van der Waals surface area contributed by atoms with Crippen LogP contribution in [0, 0.1) is 6.92 Å². The maximum Gasteiger partial charge on any atom is 0.264 e. The molecule has 1 N–H and O–H groups in total. The number of benzene rings is 1. The molecular weight excluding hydrogens is 381 g/mol. The third kappa shape index (κ3) is 14.9. The van der Waals surface area contributed by atoms with E-state index < -0.39 is 10.1 Å². The molecule has 0 unspecified atom stereocenters. The Kier molecular flexibility index (Phi) is 16.7. The molecule has 1 aromatic carbocycles. The average molecular weight is 421 g/mol. The smallest absolute Gasteiger partial charge is 0.264 e. The van der Waals surface area contributed by atoms with Crippen LogP contribution in [0.25, 0.3) is 0 Å². The first kappa shape index (κ1) is 27.9. The third-order valence-electron chi connectivity index (χ3n) is 4.98. The number of rotatable bonds is 16. The third-order valence-corrected chi connectivity index (χ3v) is 5.78. The van der Waals surface area contributed by atoms with Gasteiger partial charge in [-0.15, -0.1) is 0 Å². The molecule has 0 amide bonds. The molecule has 0 aromatic heterocycles. The quantitative estimate of drug-likeness (QED) is 0.214. The molecule has 4 nitrogen and oxygen atoms in total. The predicted molar refractivity (Wildman–Crippen MR) is 122 cm³/mol. The summed E-state index contributed by atoms with van der Waals surface area (Å²) in [6.45, 7) is 5.91. The zero-order valence-corrected chi connectivity index (χ0v) is 21.1. The van der Waals surface area contributed by atoms with Gasteiger partial charge in [0.15, 0.2) is 0 Å². The van der Waals surface area contributed by atoms with E-state index in [1.54, 1.807) is 0 Å². The van der Waals surface area contributed by atoms with Gasteiger partial charge in [0.25, 0.3) is 10.1 Å². The maximum atomic E-state index is 11.0. The molecule has 0 heterocycles. The van der Waals surface area contributed by atoms with Gasteiger partial charge < -0.3 is 4.90 Å². The number of hydrogen-bond donors (Lipinski definition) is 1. The van der Waals surface area contributed by atoms with Crippen LogP contribution < -0.4 is 4.90 Å². The second-order valence-electron chi connectivity index (χ2n) is 7.65. The Balaban J connectivity index is 0.00000729. The molecule has 1 aromatic rings. The molecule has 0 bridgehead atoms. The van der Waals surface area contributed by atoms with Crippen LogP contribution in [0.4, 0.5) is 5.69 Å². The van der Waals surface area contributed by atoms with Crippen molar-refractivity contribution < 1.29 is 13.0 Å². The normalized spacial score (nSPS) is 11.2. The molecule has 6 heteroatoms. The Bertz CT molecular complexity index is 608. The van der Waals surface area contributed by atoms with Crippen LogP contribution in [-0.2, 0) is 10.1 Å². The number of hydrogen-bond acceptors (Lipinski definition) is 3. The fraction of sp³-hybridized carbons (Fsp3) is 0.727. The largest absolute Gasteiger partial charge is 0.371 e. The van der Waals surface area contributed by atoms with Crippen LogP contribution in [0.15, 0.2) is 24.3 Å². The predicted octanol–water partition coefficient (Wildman–Crippen LogP) is 5.62. The van der Waals surface area contributed by atoms with Gasteiger partial charge in [-0.3, -0.25) is 4.55 Å². The van der Waals surface area contributed by atoms with E-state index in [1.807, 2.05) is 6.07 Å². The van der Waals surface area contributed by atoms with Crippen LogP contribution >= 0.6 is 0 Å². The summed E-state index contributed by atoms with van der Waals surface area (Å²) in [7, 11) is -3.88. The molecule has 0 saturated heterocycles. The molecule has 0 spiro atoms. The van der Waals surface area contributed by atoms with Gasteiger partial charge in [-0.2, -0.15) is 8.42 Å². The van der Waals surface area contributed by atoms with E-state index in [9.17, 15) is 8.42 Å². The summed E-state index contributed by atoms with van der Waals surface area (Å²) in [6.07, 6.45) is 13.5. The first-order valence-corrected chi connectivity index (χ1v) is 12.3. The molecule has 0 aliphatic rings. The van der Waals surface area contributed by atoms with E-state index in [1.165, 1.54) is 63.4 Å². The molecule has 1 radical (unpaired) electrons. The van der Waals surface area contributed by atoms with E-state index in [2.05, 4.69) is 36.9 Å². The monoisotopic (exact) mass is 420 g/mol. The van der Waals surface area contributed by atoms with Crippen LogP contribution in [0.2, 0.25) is 0 Å². The van der Waals surface area contributed by atoms with Gasteiger partial charge >= 0.3 is 0 Å². The summed E-state index contributed by atoms with van der Waals surface area (Å²) < 4.78 is 30.9. The van der Waals surface area contributed by atoms with Crippen LogP contribution in [0.5, 0.6) is 0 Å². The fourth-order valence-corrected chi connectivity index (χ4v) is 3.92. The summed E-state index contributed by atoms with van der Waals surface area (Å²) in [5.41, 5.74) is 2.34. The molecular formula is C22H39NNaO3S. The van der Waals surface area contributed by atoms with Crippen LogP contribution in [0.3, 0.4) is 0 Å². The standard InChI is InChI=1S/C22H39NO3S.Na/c1-3-4-5-6-7-8-9-10-11-12-17-23(18-14-19-27(24,25)26)22-16-13-15-21(2)20-22;/h13,15-16,20H,3-12,14,17-19H2,1-2H3,(H,24,25,26);. The number of aryl methyl sites for hydroxylation is 1. The maximum absolute atomic E-state index is 11.0. The molecule has 0 aliphatic heterocycles. The molecule has 0 saturated carbocycles. The van der Waals surface area contributed by atoms with Gasteiger partial charge in [-0.1, -0.05) is 76.8 Å². The Morgan fingerprint density at radius 1 is 0.857 bits per heavy atom. The van der Waals surface area contributed by atoms with Gasteiger partial charge in [-0.25, -0.2) is 0 Å². The first-order chi connectivity index (χ1) is 12.9. The fourth-order valence-electron chi connectivity index (χ4n) is 3.42. The Morgan fingerprint density at radius 3 is 1.93 bits per heavy atom. The second-order valence-corrected chi connectivity index (χ2v) is 9.22. The summed E-state index contributed by atoms with van der Waals surface area (Å²) in [6, 6.07) is 8.33. The van der Waals surface area contributed by atoms with Gasteiger partial charge in [-0.05, 0) is 37.5 Å². The van der Waals surface area contributed by atoms with E-state index in [0.717, 1.165) is 18.7 Å². The van der Waals surface area contributed by atoms with Crippen molar-refractivity contribution in [2.24, 2.45) is 0 Å². The Hall–Kier alpha value is -0.0700. The van der Waals surface area contributed by atoms with E-state index in [4.69, 9.17) is 4.55 Å². The molecule has 0 atom stereocenters. The Morgan fingerprint density at radius 2 is 1.39 bits per heavy atom. The Labute approximate surface area is 195 Å². The SMILES string of the molecule is CCCCCCCCCCCCN(CCCS(=O)(=O)O)c1cccc(C)c1.[Na]. The molecule has 1 rings (SSSR count). The number of anilines is 1. The van der Waals surface area contributed by atoms with Crippen LogP contribution in [-0.4, -0.2) is 61.4 Å². The molecule has 157 valence electrons. The van der Waals surface area contributed by atoms with Gasteiger partial charge in [0, 0.05) is 48.3 Å². The summed E-state index contributed by atoms with van der Waals surface area (Å²) in [5.74, 6) is -0.173. The van der Waals surface area contributed by atoms with E-state index in [0.29, 0.717) is 13.0 Å². The minimum Gasteiger partial charge on any atom is -0.371 e. The van der Waals surface area contributed by atoms with Crippen molar-refractivity contribution >= 4 is 45.4 Å². The minimum absolute atomic E-state index is 0. The van der Waals surface area contributed by atoms with Crippen molar-refractivity contribution in [3.63, 3.8) is 0 Å². The van der Waals surface area contributed by atoms with Crippen molar-refractivity contribution in [3.8, 4) is 0 Å². The zero-order valence-electron chi connectivity index (χ0n) is 18.3. The van der Waals surface area contributed by atoms with Gasteiger partial charge in [0.2, 0.25) is 0 Å². The topological polar surface area (TPSA) is 57.6 Å². The molecule has 28 heavy (non-hydrogen) atoms. The summed E-state index contributed by atoms with van der Waals surface area (Å²) in [4.78, 5) is 2.25. The molecule has 0 fully saturated rings. The summed E-state index contributed by atoms with van der Waals surface area (Å²) >= 11 is 0. The van der Waals surface area contributed by atoms with Crippen molar-refractivity contribution in [1.29, 1.82) is 0 Å². The van der Waals surface area contributed by atoms with Gasteiger partial charge in [0.05, 0.1) is 5.75 Å². The van der Waals surface area contributed by atoms with Crippen molar-refractivity contribution in [1.82, 2.24) is 0 Å². The van der Waals surface area contributed by atoms with Crippen LogP contribution in [0.1, 0.15) is 83.1 Å². The average Bonchev–Trinajstić information content (AvgIpc) is 2.60. The van der Waals surface area contributed by atoms with Crippen molar-refractivity contribution in [2.75, 3.05) is 23.7 Å². The number of nitrogens with zero attached hydrogens (tertiary/aromatic N) is 1. The minimum atomic E-state index is -3.88. The summed E-state index contributed by atoms with van der Waals surface area (Å²) in [5, 5.41) is 0.